The van der Waals surface area contributed by atoms with Crippen LogP contribution in [0.25, 0.3) is 6.08 Å². The summed E-state index contributed by atoms with van der Waals surface area (Å²) in [6.45, 7) is 2.32. The van der Waals surface area contributed by atoms with Gasteiger partial charge in [0.15, 0.2) is 12.9 Å². The monoisotopic (exact) mass is 509 g/mol. The molecule has 194 valence electrons. The van der Waals surface area contributed by atoms with E-state index in [2.05, 4.69) is 20.6 Å². The third kappa shape index (κ3) is 4.87. The molecule has 2 aromatic rings. The molecule has 0 aliphatic carbocycles. The molecule has 4 N–H and O–H groups in total. The van der Waals surface area contributed by atoms with Crippen LogP contribution in [-0.4, -0.2) is 62.6 Å². The van der Waals surface area contributed by atoms with E-state index in [1.54, 1.807) is 13.8 Å². The van der Waals surface area contributed by atoms with Gasteiger partial charge in [0, 0.05) is 24.2 Å². The normalized spacial score (nSPS) is 19.9. The Bertz CT molecular complexity index is 1180. The van der Waals surface area contributed by atoms with Gasteiger partial charge >= 0.3 is 0 Å². The van der Waals surface area contributed by atoms with Crippen molar-refractivity contribution >= 4 is 23.6 Å². The molecule has 4 rings (SSSR count). The average molecular weight is 510 g/mol. The number of aliphatic hydroxyl groups is 2. The lowest BCUT2D eigenvalue weighted by Crippen LogP contribution is -2.51. The minimum absolute atomic E-state index is 0.0225. The van der Waals surface area contributed by atoms with Crippen LogP contribution >= 0.6 is 0 Å². The molecule has 1 aromatic heterocycles. The van der Waals surface area contributed by atoms with Crippen LogP contribution in [0.3, 0.4) is 0 Å². The fraction of sp³-hybridized carbons (Fsp3) is 0.458. The van der Waals surface area contributed by atoms with E-state index in [9.17, 15) is 32.6 Å². The Balaban J connectivity index is 1.66. The molecule has 0 bridgehead atoms. The second-order valence-electron chi connectivity index (χ2n) is 8.99. The van der Waals surface area contributed by atoms with Gasteiger partial charge in [-0.15, -0.1) is 0 Å². The van der Waals surface area contributed by atoms with Crippen molar-refractivity contribution in [1.82, 2.24) is 14.9 Å². The second-order valence-corrected chi connectivity index (χ2v) is 8.99. The Kier molecular flexibility index (Phi) is 7.19. The molecule has 12 heteroatoms. The number of aromatic nitrogens is 2. The first kappa shape index (κ1) is 25.8. The van der Waals surface area contributed by atoms with E-state index < -0.39 is 48.3 Å². The molecule has 36 heavy (non-hydrogen) atoms. The van der Waals surface area contributed by atoms with E-state index in [-0.39, 0.29) is 48.7 Å². The van der Waals surface area contributed by atoms with E-state index >= 15 is 0 Å². The fourth-order valence-corrected chi connectivity index (χ4v) is 4.62. The lowest BCUT2D eigenvalue weighted by molar-refractivity contribution is -0.135. The SMILES string of the molecule is Cc1nc2c(c(N[C@H](C)c3cccc(C(F)F)c3F)n1)C=C(C1(O)CCN(C(=O)CF)CC1)C(O)N2. The number of piperidine rings is 1. The van der Waals surface area contributed by atoms with Gasteiger partial charge in [0.25, 0.3) is 12.3 Å². The number of halogens is 4. The van der Waals surface area contributed by atoms with Gasteiger partial charge in [0.2, 0.25) is 0 Å². The van der Waals surface area contributed by atoms with E-state index in [4.69, 9.17) is 0 Å². The highest BCUT2D eigenvalue weighted by atomic mass is 19.3. The van der Waals surface area contributed by atoms with Crippen molar-refractivity contribution in [3.05, 3.63) is 52.1 Å². The molecule has 1 amide bonds. The summed E-state index contributed by atoms with van der Waals surface area (Å²) in [5.41, 5.74) is -1.56. The number of likely N-dealkylation sites (tertiary alicyclic amines) is 1. The molecule has 0 spiro atoms. The number of carbonyl (C=O) groups excluding carboxylic acids is 1. The van der Waals surface area contributed by atoms with E-state index in [0.29, 0.717) is 11.4 Å². The van der Waals surface area contributed by atoms with Gasteiger partial charge < -0.3 is 25.7 Å². The van der Waals surface area contributed by atoms with Gasteiger partial charge in [-0.2, -0.15) is 0 Å². The molecule has 2 aliphatic rings. The average Bonchev–Trinajstić information content (AvgIpc) is 2.83. The summed E-state index contributed by atoms with van der Waals surface area (Å²) in [6, 6.07) is 3.02. The first-order valence-corrected chi connectivity index (χ1v) is 11.5. The zero-order valence-electron chi connectivity index (χ0n) is 19.7. The number of anilines is 2. The Morgan fingerprint density at radius 2 is 1.94 bits per heavy atom. The van der Waals surface area contributed by atoms with Crippen LogP contribution in [-0.2, 0) is 4.79 Å². The minimum atomic E-state index is -2.96. The standard InChI is InChI=1S/C24H27F4N5O3/c1-12(14-4-3-5-15(19(14)26)20(27)28)29-21-16-10-17(23(35)32-22(16)31-13(2)30-21)24(36)6-8-33(9-7-24)18(34)11-25/h3-5,10,12,20,23,35-36H,6-9,11H2,1-2H3,(H2,29,30,31,32)/t12-,23?/m1/s1. The summed E-state index contributed by atoms with van der Waals surface area (Å²) in [4.78, 5) is 21.6. The van der Waals surface area contributed by atoms with Crippen LogP contribution in [0.4, 0.5) is 29.2 Å². The summed E-state index contributed by atoms with van der Waals surface area (Å²) in [5, 5.41) is 27.9. The van der Waals surface area contributed by atoms with Crippen LogP contribution in [0, 0.1) is 12.7 Å². The van der Waals surface area contributed by atoms with Crippen molar-refractivity contribution in [3.63, 3.8) is 0 Å². The lowest BCUT2D eigenvalue weighted by atomic mass is 9.81. The molecule has 0 saturated carbocycles. The van der Waals surface area contributed by atoms with Gasteiger partial charge in [0.1, 0.15) is 23.3 Å². The third-order valence-electron chi connectivity index (χ3n) is 6.63. The Morgan fingerprint density at radius 1 is 1.28 bits per heavy atom. The molecule has 8 nitrogen and oxygen atoms in total. The Labute approximate surface area is 205 Å². The molecule has 1 aromatic carbocycles. The number of carbonyl (C=O) groups is 1. The van der Waals surface area contributed by atoms with Crippen molar-refractivity contribution in [1.29, 1.82) is 0 Å². The number of aryl methyl sites for hydroxylation is 1. The van der Waals surface area contributed by atoms with Crippen molar-refractivity contribution in [2.45, 2.75) is 51.0 Å². The zero-order chi connectivity index (χ0) is 26.2. The predicted octanol–water partition coefficient (Wildman–Crippen LogP) is 3.49. The van der Waals surface area contributed by atoms with Crippen molar-refractivity contribution < 1.29 is 32.6 Å². The van der Waals surface area contributed by atoms with Gasteiger partial charge in [-0.1, -0.05) is 18.2 Å². The van der Waals surface area contributed by atoms with E-state index in [0.717, 1.165) is 6.07 Å². The first-order valence-electron chi connectivity index (χ1n) is 11.5. The van der Waals surface area contributed by atoms with Crippen LogP contribution in [0.1, 0.15) is 54.7 Å². The number of nitrogens with zero attached hydrogens (tertiary/aromatic N) is 3. The summed E-state index contributed by atoms with van der Waals surface area (Å²) in [7, 11) is 0. The first-order chi connectivity index (χ1) is 17.0. The summed E-state index contributed by atoms with van der Waals surface area (Å²) in [6.07, 6.45) is -2.56. The van der Waals surface area contributed by atoms with Crippen molar-refractivity contribution in [3.8, 4) is 0 Å². The van der Waals surface area contributed by atoms with Gasteiger partial charge in [-0.05, 0) is 32.8 Å². The zero-order valence-corrected chi connectivity index (χ0v) is 19.7. The molecule has 1 saturated heterocycles. The molecule has 2 atom stereocenters. The van der Waals surface area contributed by atoms with Gasteiger partial charge in [-0.25, -0.2) is 27.5 Å². The van der Waals surface area contributed by atoms with Crippen molar-refractivity contribution in [2.75, 3.05) is 30.4 Å². The molecule has 2 aliphatic heterocycles. The topological polar surface area (TPSA) is 111 Å². The maximum atomic E-state index is 14.7. The molecule has 1 unspecified atom stereocenters. The molecular weight excluding hydrogens is 482 g/mol. The van der Waals surface area contributed by atoms with Gasteiger partial charge in [-0.3, -0.25) is 4.79 Å². The predicted molar refractivity (Wildman–Crippen MR) is 125 cm³/mol. The summed E-state index contributed by atoms with van der Waals surface area (Å²) >= 11 is 0. The van der Waals surface area contributed by atoms with Crippen LogP contribution in [0.5, 0.6) is 0 Å². The highest BCUT2D eigenvalue weighted by Gasteiger charge is 2.42. The summed E-state index contributed by atoms with van der Waals surface area (Å²) in [5.74, 6) is -0.827. The maximum Gasteiger partial charge on any atom is 0.266 e. The van der Waals surface area contributed by atoms with Crippen LogP contribution < -0.4 is 10.6 Å². The number of alkyl halides is 3. The number of hydrogen-bond acceptors (Lipinski definition) is 7. The van der Waals surface area contributed by atoms with E-state index in [1.165, 1.54) is 23.1 Å². The molecular formula is C24H27F4N5O3. The highest BCUT2D eigenvalue weighted by molar-refractivity contribution is 5.80. The summed E-state index contributed by atoms with van der Waals surface area (Å²) < 4.78 is 53.8. The smallest absolute Gasteiger partial charge is 0.266 e. The van der Waals surface area contributed by atoms with E-state index in [1.807, 2.05) is 0 Å². The van der Waals surface area contributed by atoms with Crippen molar-refractivity contribution in [2.24, 2.45) is 0 Å². The number of fused-ring (bicyclic) bond motifs is 1. The molecule has 3 heterocycles. The molecule has 1 fully saturated rings. The largest absolute Gasteiger partial charge is 0.385 e. The quantitative estimate of drug-likeness (QED) is 0.442. The number of nitrogens with one attached hydrogen (secondary N) is 2. The van der Waals surface area contributed by atoms with Crippen LogP contribution in [0.2, 0.25) is 0 Å². The highest BCUT2D eigenvalue weighted by Crippen LogP contribution is 2.39. The minimum Gasteiger partial charge on any atom is -0.385 e. The van der Waals surface area contributed by atoms with Gasteiger partial charge in [0.05, 0.1) is 22.8 Å². The number of aliphatic hydroxyl groups excluding tert-OH is 1. The molecule has 0 radical (unpaired) electrons. The number of amides is 1. The maximum absolute atomic E-state index is 14.7. The fourth-order valence-electron chi connectivity index (χ4n) is 4.62. The third-order valence-corrected chi connectivity index (χ3v) is 6.63. The number of rotatable bonds is 6. The Morgan fingerprint density at radius 3 is 2.58 bits per heavy atom. The Hall–Kier alpha value is -3.25. The van der Waals surface area contributed by atoms with Crippen LogP contribution in [0.15, 0.2) is 23.8 Å². The number of benzene rings is 1. The lowest BCUT2D eigenvalue weighted by Gasteiger charge is -2.42. The second kappa shape index (κ2) is 10.0. The number of hydrogen-bond donors (Lipinski definition) is 4.